The zero-order valence-corrected chi connectivity index (χ0v) is 12.3. The molecule has 0 spiro atoms. The molecule has 1 aromatic carbocycles. The molecule has 1 unspecified atom stereocenters. The molecule has 5 nitrogen and oxygen atoms in total. The number of para-hydroxylation sites is 1. The Morgan fingerprint density at radius 1 is 1.23 bits per heavy atom. The van der Waals surface area contributed by atoms with Crippen LogP contribution in [-0.2, 0) is 13.0 Å². The molecule has 3 aromatic rings. The van der Waals surface area contributed by atoms with Crippen LogP contribution < -0.4 is 4.90 Å². The van der Waals surface area contributed by atoms with Crippen molar-refractivity contribution >= 4 is 11.3 Å². The van der Waals surface area contributed by atoms with E-state index in [1.54, 1.807) is 12.4 Å². The highest BCUT2D eigenvalue weighted by molar-refractivity contribution is 5.56. The minimum atomic E-state index is 0.224. The zero-order chi connectivity index (χ0) is 14.9. The highest BCUT2D eigenvalue weighted by Gasteiger charge is 2.24. The van der Waals surface area contributed by atoms with E-state index in [1.165, 1.54) is 11.3 Å². The summed E-state index contributed by atoms with van der Waals surface area (Å²) in [5.74, 6) is 0.288. The first kappa shape index (κ1) is 13.3. The summed E-state index contributed by atoms with van der Waals surface area (Å²) in [7, 11) is 0. The van der Waals surface area contributed by atoms with Crippen molar-refractivity contribution in [3.63, 3.8) is 0 Å². The van der Waals surface area contributed by atoms with E-state index >= 15 is 0 Å². The minimum absolute atomic E-state index is 0.224. The summed E-state index contributed by atoms with van der Waals surface area (Å²) in [6, 6.07) is 8.45. The molecule has 0 aliphatic carbocycles. The van der Waals surface area contributed by atoms with E-state index in [1.807, 2.05) is 12.4 Å². The number of imidazole rings is 1. The molecule has 0 amide bonds. The number of nitrogens with zero attached hydrogens (tertiary/aromatic N) is 4. The van der Waals surface area contributed by atoms with Crippen molar-refractivity contribution in [1.29, 1.82) is 0 Å². The number of aliphatic hydroxyl groups is 1. The van der Waals surface area contributed by atoms with Gasteiger partial charge in [-0.3, -0.25) is 9.38 Å². The fourth-order valence-electron chi connectivity index (χ4n) is 3.26. The molecule has 4 rings (SSSR count). The summed E-state index contributed by atoms with van der Waals surface area (Å²) in [5.41, 5.74) is 4.56. The normalized spacial score (nSPS) is 17.7. The molecule has 3 heterocycles. The van der Waals surface area contributed by atoms with Gasteiger partial charge in [0.2, 0.25) is 0 Å². The predicted molar refractivity (Wildman–Crippen MR) is 84.8 cm³/mol. The maximum absolute atomic E-state index is 9.58. The molecule has 1 N–H and O–H groups in total. The molecule has 22 heavy (non-hydrogen) atoms. The molecule has 5 heteroatoms. The van der Waals surface area contributed by atoms with Gasteiger partial charge in [-0.1, -0.05) is 18.2 Å². The second kappa shape index (κ2) is 5.42. The van der Waals surface area contributed by atoms with Crippen LogP contribution in [0.5, 0.6) is 0 Å². The van der Waals surface area contributed by atoms with Crippen molar-refractivity contribution in [3.8, 4) is 0 Å². The number of aromatic nitrogens is 3. The summed E-state index contributed by atoms with van der Waals surface area (Å²) in [4.78, 5) is 10.8. The van der Waals surface area contributed by atoms with Crippen LogP contribution in [0.1, 0.15) is 11.3 Å². The molecular weight excluding hydrogens is 276 g/mol. The number of rotatable bonds is 3. The number of aliphatic hydroxyl groups excluding tert-OH is 1. The molecule has 1 aliphatic heterocycles. The zero-order valence-electron chi connectivity index (χ0n) is 12.3. The summed E-state index contributed by atoms with van der Waals surface area (Å²) in [5, 5.41) is 9.58. The third-order valence-corrected chi connectivity index (χ3v) is 4.32. The van der Waals surface area contributed by atoms with Gasteiger partial charge in [-0.15, -0.1) is 0 Å². The van der Waals surface area contributed by atoms with Crippen LogP contribution in [0.25, 0.3) is 5.65 Å². The Balaban J connectivity index is 1.70. The molecular formula is C17H18N4O. The molecule has 112 valence electrons. The van der Waals surface area contributed by atoms with Crippen LogP contribution in [0.4, 0.5) is 5.69 Å². The number of benzene rings is 1. The van der Waals surface area contributed by atoms with E-state index in [0.29, 0.717) is 0 Å². The lowest BCUT2D eigenvalue weighted by molar-refractivity contribution is 0.223. The van der Waals surface area contributed by atoms with Crippen LogP contribution >= 0.6 is 0 Å². The van der Waals surface area contributed by atoms with Crippen molar-refractivity contribution in [2.45, 2.75) is 13.0 Å². The summed E-state index contributed by atoms with van der Waals surface area (Å²) in [6.07, 6.45) is 8.34. The number of anilines is 1. The molecule has 0 fully saturated rings. The SMILES string of the molecule is OCC1Cc2ccccc2N(Cc2cnc3cnccn23)C1. The van der Waals surface area contributed by atoms with E-state index in [-0.39, 0.29) is 12.5 Å². The van der Waals surface area contributed by atoms with Crippen LogP contribution in [-0.4, -0.2) is 32.6 Å². The van der Waals surface area contributed by atoms with E-state index < -0.39 is 0 Å². The topological polar surface area (TPSA) is 53.7 Å². The minimum Gasteiger partial charge on any atom is -0.396 e. The van der Waals surface area contributed by atoms with Gasteiger partial charge in [0.05, 0.1) is 24.6 Å². The van der Waals surface area contributed by atoms with Crippen LogP contribution in [0.2, 0.25) is 0 Å². The molecule has 0 bridgehead atoms. The van der Waals surface area contributed by atoms with Gasteiger partial charge in [0.15, 0.2) is 5.65 Å². The van der Waals surface area contributed by atoms with Crippen molar-refractivity contribution in [1.82, 2.24) is 14.4 Å². The lowest BCUT2D eigenvalue weighted by Crippen LogP contribution is -2.36. The summed E-state index contributed by atoms with van der Waals surface area (Å²) < 4.78 is 2.07. The van der Waals surface area contributed by atoms with E-state index in [2.05, 4.69) is 43.5 Å². The monoisotopic (exact) mass is 294 g/mol. The summed E-state index contributed by atoms with van der Waals surface area (Å²) >= 11 is 0. The van der Waals surface area contributed by atoms with Gasteiger partial charge in [0, 0.05) is 37.2 Å². The van der Waals surface area contributed by atoms with Crippen LogP contribution in [0.15, 0.2) is 49.1 Å². The predicted octanol–water partition coefficient (Wildman–Crippen LogP) is 1.90. The molecule has 0 radical (unpaired) electrons. The van der Waals surface area contributed by atoms with Crippen molar-refractivity contribution in [2.75, 3.05) is 18.1 Å². The number of hydrogen-bond acceptors (Lipinski definition) is 4. The first-order valence-corrected chi connectivity index (χ1v) is 7.55. The van der Waals surface area contributed by atoms with E-state index in [4.69, 9.17) is 0 Å². The Kier molecular flexibility index (Phi) is 3.27. The average Bonchev–Trinajstić information content (AvgIpc) is 2.98. The van der Waals surface area contributed by atoms with Crippen molar-refractivity contribution < 1.29 is 5.11 Å². The standard InChI is InChI=1S/C17H18N4O/c22-12-13-7-14-3-1-2-4-16(14)20(10-13)11-15-8-19-17-9-18-5-6-21(15)17/h1-6,8-9,13,22H,7,10-12H2. The highest BCUT2D eigenvalue weighted by atomic mass is 16.3. The van der Waals surface area contributed by atoms with Gasteiger partial charge in [-0.05, 0) is 18.1 Å². The Labute approximate surface area is 128 Å². The molecule has 2 aromatic heterocycles. The third kappa shape index (κ3) is 2.23. The smallest absolute Gasteiger partial charge is 0.155 e. The Morgan fingerprint density at radius 2 is 2.14 bits per heavy atom. The molecule has 0 saturated carbocycles. The third-order valence-electron chi connectivity index (χ3n) is 4.32. The Hall–Kier alpha value is -2.40. The van der Waals surface area contributed by atoms with Crippen molar-refractivity contribution in [2.24, 2.45) is 5.92 Å². The second-order valence-corrected chi connectivity index (χ2v) is 5.82. The maximum Gasteiger partial charge on any atom is 0.155 e. The highest BCUT2D eigenvalue weighted by Crippen LogP contribution is 2.30. The first-order valence-electron chi connectivity index (χ1n) is 7.55. The Morgan fingerprint density at radius 3 is 3.05 bits per heavy atom. The number of hydrogen-bond donors (Lipinski definition) is 1. The maximum atomic E-state index is 9.58. The van der Waals surface area contributed by atoms with Gasteiger partial charge in [-0.25, -0.2) is 4.98 Å². The van der Waals surface area contributed by atoms with E-state index in [9.17, 15) is 5.11 Å². The van der Waals surface area contributed by atoms with Crippen LogP contribution in [0, 0.1) is 5.92 Å². The molecule has 1 atom stereocenters. The average molecular weight is 294 g/mol. The van der Waals surface area contributed by atoms with Gasteiger partial charge >= 0.3 is 0 Å². The summed E-state index contributed by atoms with van der Waals surface area (Å²) in [6.45, 7) is 1.87. The lowest BCUT2D eigenvalue weighted by Gasteiger charge is -2.35. The van der Waals surface area contributed by atoms with Crippen molar-refractivity contribution in [3.05, 3.63) is 60.3 Å². The molecule has 1 aliphatic rings. The first-order chi connectivity index (χ1) is 10.8. The Bertz CT molecular complexity index is 798. The molecule has 0 saturated heterocycles. The van der Waals surface area contributed by atoms with Gasteiger partial charge in [0.1, 0.15) is 0 Å². The number of fused-ring (bicyclic) bond motifs is 2. The fraction of sp³-hybridized carbons (Fsp3) is 0.294. The quantitative estimate of drug-likeness (QED) is 0.801. The second-order valence-electron chi connectivity index (χ2n) is 5.82. The largest absolute Gasteiger partial charge is 0.396 e. The van der Waals surface area contributed by atoms with Gasteiger partial charge in [-0.2, -0.15) is 0 Å². The van der Waals surface area contributed by atoms with Gasteiger partial charge < -0.3 is 10.0 Å². The lowest BCUT2D eigenvalue weighted by atomic mass is 9.93. The van der Waals surface area contributed by atoms with E-state index in [0.717, 1.165) is 30.9 Å². The fourth-order valence-corrected chi connectivity index (χ4v) is 3.26. The van der Waals surface area contributed by atoms with Crippen LogP contribution in [0.3, 0.4) is 0 Å². The van der Waals surface area contributed by atoms with Gasteiger partial charge in [0.25, 0.3) is 0 Å².